The molecule has 8 heteroatoms. The lowest BCUT2D eigenvalue weighted by Crippen LogP contribution is -2.64. The number of nitrogens with zero attached hydrogens (tertiary/aromatic N) is 1. The van der Waals surface area contributed by atoms with Crippen molar-refractivity contribution >= 4 is 13.6 Å². The number of ether oxygens (including phenoxy) is 1. The Morgan fingerprint density at radius 3 is 2.03 bits per heavy atom. The zero-order chi connectivity index (χ0) is 22.8. The minimum atomic E-state index is -4.26. The average Bonchev–Trinajstić information content (AvgIpc) is 2.63. The Kier molecular flexibility index (Phi) is 7.58. The summed E-state index contributed by atoms with van der Waals surface area (Å²) in [5.74, 6) is -0.348. The minimum absolute atomic E-state index is 0.290. The number of piperidine rings is 1. The highest BCUT2D eigenvalue weighted by molar-refractivity contribution is 7.51. The highest BCUT2D eigenvalue weighted by atomic mass is 31.2. The van der Waals surface area contributed by atoms with Crippen LogP contribution in [0.2, 0.25) is 0 Å². The van der Waals surface area contributed by atoms with Crippen LogP contribution in [0.3, 0.4) is 0 Å². The Bertz CT molecular complexity index is 751. The molecule has 1 aromatic rings. The van der Waals surface area contributed by atoms with E-state index in [9.17, 15) is 19.1 Å². The number of carbonyl (C=O) groups excluding carboxylic acids is 1. The number of hydroxylamine groups is 2. The van der Waals surface area contributed by atoms with E-state index in [1.807, 2.05) is 52.7 Å². The fourth-order valence-corrected chi connectivity index (χ4v) is 5.75. The highest BCUT2D eigenvalue weighted by Crippen LogP contribution is 2.47. The largest absolute Gasteiger partial charge is 0.459 e. The van der Waals surface area contributed by atoms with E-state index in [1.54, 1.807) is 24.3 Å². The Morgan fingerprint density at radius 1 is 1.10 bits per heavy atom. The fraction of sp³-hybridized carbons (Fsp3) is 0.682. The van der Waals surface area contributed by atoms with Gasteiger partial charge in [-0.3, -0.25) is 9.40 Å². The Hall–Kier alpha value is -1.24. The van der Waals surface area contributed by atoms with Crippen LogP contribution in [0.1, 0.15) is 77.6 Å². The van der Waals surface area contributed by atoms with Gasteiger partial charge in [-0.25, -0.2) is 4.79 Å². The van der Waals surface area contributed by atoms with Gasteiger partial charge in [0.2, 0.25) is 0 Å². The number of benzene rings is 1. The molecular formula is C22H36NO6P. The van der Waals surface area contributed by atoms with Gasteiger partial charge in [0.15, 0.2) is 0 Å². The molecule has 1 fully saturated rings. The second kappa shape index (κ2) is 9.09. The number of esters is 1. The molecule has 1 aliphatic rings. The predicted molar refractivity (Wildman–Crippen MR) is 116 cm³/mol. The molecule has 0 aromatic heterocycles. The quantitative estimate of drug-likeness (QED) is 0.452. The van der Waals surface area contributed by atoms with Gasteiger partial charge in [0.05, 0.1) is 11.7 Å². The molecule has 0 bridgehead atoms. The van der Waals surface area contributed by atoms with Gasteiger partial charge in [0.25, 0.3) is 0 Å². The summed E-state index contributed by atoms with van der Waals surface area (Å²) in [6, 6.07) is 8.92. The van der Waals surface area contributed by atoms with Crippen molar-refractivity contribution in [1.82, 2.24) is 5.06 Å². The molecule has 0 atom stereocenters. The predicted octanol–water partition coefficient (Wildman–Crippen LogP) is 4.53. The molecule has 1 saturated heterocycles. The summed E-state index contributed by atoms with van der Waals surface area (Å²) in [6.45, 7) is 11.8. The van der Waals surface area contributed by atoms with Crippen LogP contribution in [-0.4, -0.2) is 49.8 Å². The van der Waals surface area contributed by atoms with Crippen LogP contribution in [0.15, 0.2) is 30.3 Å². The van der Waals surface area contributed by atoms with E-state index in [-0.39, 0.29) is 18.2 Å². The third-order valence-electron chi connectivity index (χ3n) is 5.90. The van der Waals surface area contributed by atoms with Crippen molar-refractivity contribution in [3.63, 3.8) is 0 Å². The summed E-state index contributed by atoms with van der Waals surface area (Å²) in [7, 11) is -4.26. The Balaban J connectivity index is 2.22. The first kappa shape index (κ1) is 25.0. The van der Waals surface area contributed by atoms with Gasteiger partial charge in [-0.15, -0.1) is 0 Å². The van der Waals surface area contributed by atoms with Crippen molar-refractivity contribution in [1.29, 1.82) is 0 Å². The lowest BCUT2D eigenvalue weighted by Gasteiger charge is -2.56. The first-order chi connectivity index (χ1) is 13.7. The standard InChI is InChI=1S/C22H36NO6P/c1-7-22(8-2,16-30(25,26)27)29-23-20(3,4)14-18(15-21(23,5)6)28-19(24)17-12-10-9-11-13-17/h9-13,18H,7-8,14-16H2,1-6H3,(H2,25,26,27). The molecule has 1 aliphatic heterocycles. The van der Waals surface area contributed by atoms with Crippen molar-refractivity contribution < 1.29 is 28.7 Å². The number of rotatable bonds is 8. The van der Waals surface area contributed by atoms with E-state index in [0.29, 0.717) is 31.2 Å². The topological polar surface area (TPSA) is 96.3 Å². The van der Waals surface area contributed by atoms with Crippen molar-refractivity contribution in [2.24, 2.45) is 0 Å². The summed E-state index contributed by atoms with van der Waals surface area (Å²) in [5, 5.41) is 1.87. The van der Waals surface area contributed by atoms with Gasteiger partial charge in [0.1, 0.15) is 11.7 Å². The zero-order valence-electron chi connectivity index (χ0n) is 18.9. The second-order valence-corrected chi connectivity index (χ2v) is 11.2. The molecule has 30 heavy (non-hydrogen) atoms. The third-order valence-corrected chi connectivity index (χ3v) is 6.89. The summed E-state index contributed by atoms with van der Waals surface area (Å²) >= 11 is 0. The summed E-state index contributed by atoms with van der Waals surface area (Å²) in [6.07, 6.45) is 1.43. The van der Waals surface area contributed by atoms with Crippen LogP contribution in [0, 0.1) is 0 Å². The molecule has 7 nitrogen and oxygen atoms in total. The first-order valence-corrected chi connectivity index (χ1v) is 12.3. The molecule has 0 radical (unpaired) electrons. The van der Waals surface area contributed by atoms with Crippen LogP contribution in [0.25, 0.3) is 0 Å². The number of hydrogen-bond donors (Lipinski definition) is 2. The summed E-state index contributed by atoms with van der Waals surface area (Å²) in [5.41, 5.74) is -1.45. The minimum Gasteiger partial charge on any atom is -0.459 e. The van der Waals surface area contributed by atoms with Gasteiger partial charge < -0.3 is 14.5 Å². The molecule has 0 aliphatic carbocycles. The Morgan fingerprint density at radius 2 is 1.60 bits per heavy atom. The molecule has 1 heterocycles. The second-order valence-electron chi connectivity index (χ2n) is 9.53. The van der Waals surface area contributed by atoms with Crippen molar-refractivity contribution in [2.75, 3.05) is 6.16 Å². The first-order valence-electron chi connectivity index (χ1n) is 10.5. The molecule has 0 unspecified atom stereocenters. The maximum absolute atomic E-state index is 12.5. The van der Waals surface area contributed by atoms with Gasteiger partial charge >= 0.3 is 13.6 Å². The molecule has 1 aromatic carbocycles. The van der Waals surface area contributed by atoms with E-state index in [2.05, 4.69) is 0 Å². The molecule has 2 N–H and O–H groups in total. The molecule has 0 saturated carbocycles. The number of carbonyl (C=O) groups is 1. The van der Waals surface area contributed by atoms with Crippen LogP contribution < -0.4 is 0 Å². The SMILES string of the molecule is CCC(CC)(CP(=O)(O)O)ON1C(C)(C)CC(OC(=O)c2ccccc2)CC1(C)C. The van der Waals surface area contributed by atoms with Crippen molar-refractivity contribution in [3.8, 4) is 0 Å². The lowest BCUT2D eigenvalue weighted by atomic mass is 9.80. The molecular weight excluding hydrogens is 405 g/mol. The van der Waals surface area contributed by atoms with E-state index >= 15 is 0 Å². The maximum Gasteiger partial charge on any atom is 0.338 e. The van der Waals surface area contributed by atoms with E-state index in [1.165, 1.54) is 0 Å². The third kappa shape index (κ3) is 6.14. The van der Waals surface area contributed by atoms with Crippen LogP contribution >= 0.6 is 7.60 Å². The number of hydrogen-bond acceptors (Lipinski definition) is 5. The van der Waals surface area contributed by atoms with Gasteiger partial charge in [0, 0.05) is 23.9 Å². The molecule has 2 rings (SSSR count). The molecule has 0 spiro atoms. The summed E-state index contributed by atoms with van der Waals surface area (Å²) in [4.78, 5) is 38.2. The van der Waals surface area contributed by atoms with E-state index in [4.69, 9.17) is 9.57 Å². The fourth-order valence-electron chi connectivity index (χ4n) is 4.50. The summed E-state index contributed by atoms with van der Waals surface area (Å²) < 4.78 is 17.6. The zero-order valence-corrected chi connectivity index (χ0v) is 19.8. The highest BCUT2D eigenvalue weighted by Gasteiger charge is 2.51. The lowest BCUT2D eigenvalue weighted by molar-refractivity contribution is -0.340. The van der Waals surface area contributed by atoms with Crippen molar-refractivity contribution in [2.45, 2.75) is 90.0 Å². The molecule has 170 valence electrons. The van der Waals surface area contributed by atoms with Gasteiger partial charge in [-0.1, -0.05) is 32.0 Å². The van der Waals surface area contributed by atoms with Gasteiger partial charge in [-0.2, -0.15) is 5.06 Å². The van der Waals surface area contributed by atoms with Crippen LogP contribution in [0.4, 0.5) is 0 Å². The monoisotopic (exact) mass is 441 g/mol. The maximum atomic E-state index is 12.5. The normalized spacial score (nSPS) is 20.1. The molecule has 0 amide bonds. The Labute approximate surface area is 179 Å². The van der Waals surface area contributed by atoms with Gasteiger partial charge in [-0.05, 0) is 52.7 Å². The van der Waals surface area contributed by atoms with Crippen LogP contribution in [-0.2, 0) is 14.1 Å². The average molecular weight is 442 g/mol. The van der Waals surface area contributed by atoms with E-state index < -0.39 is 24.3 Å². The van der Waals surface area contributed by atoms with Crippen molar-refractivity contribution in [3.05, 3.63) is 35.9 Å². The van der Waals surface area contributed by atoms with E-state index in [0.717, 1.165) is 0 Å². The van der Waals surface area contributed by atoms with Crippen LogP contribution in [0.5, 0.6) is 0 Å². The smallest absolute Gasteiger partial charge is 0.338 e.